The van der Waals surface area contributed by atoms with Crippen molar-refractivity contribution in [2.45, 2.75) is 51.1 Å². The van der Waals surface area contributed by atoms with Crippen molar-refractivity contribution in [2.75, 3.05) is 13.4 Å². The summed E-state index contributed by atoms with van der Waals surface area (Å²) in [7, 11) is 0. The molecule has 0 spiro atoms. The highest BCUT2D eigenvalue weighted by molar-refractivity contribution is 6.01. The van der Waals surface area contributed by atoms with Gasteiger partial charge in [-0.25, -0.2) is 0 Å². The zero-order chi connectivity index (χ0) is 18.6. The lowest BCUT2D eigenvalue weighted by Gasteiger charge is -2.24. The lowest BCUT2D eigenvalue weighted by atomic mass is 10.1. The lowest BCUT2D eigenvalue weighted by Crippen LogP contribution is -2.26. The fraction of sp³-hybridized carbons (Fsp3) is 0.500. The molecule has 7 nitrogen and oxygen atoms in total. The lowest BCUT2D eigenvalue weighted by molar-refractivity contribution is -0.178. The van der Waals surface area contributed by atoms with Crippen LogP contribution in [0.3, 0.4) is 0 Å². The fourth-order valence-corrected chi connectivity index (χ4v) is 3.35. The fourth-order valence-electron chi connectivity index (χ4n) is 3.35. The van der Waals surface area contributed by atoms with Gasteiger partial charge in [-0.1, -0.05) is 6.07 Å². The summed E-state index contributed by atoms with van der Waals surface area (Å²) in [6.45, 7) is 1.00. The van der Waals surface area contributed by atoms with Gasteiger partial charge in [0.15, 0.2) is 23.6 Å². The number of benzene rings is 1. The maximum Gasteiger partial charge on any atom is 0.310 e. The number of carbonyl (C=O) groups excluding carboxylic acids is 2. The van der Waals surface area contributed by atoms with E-state index in [9.17, 15) is 9.59 Å². The normalized spacial score (nSPS) is 24.0. The highest BCUT2D eigenvalue weighted by atomic mass is 16.7. The van der Waals surface area contributed by atoms with Crippen molar-refractivity contribution < 1.29 is 33.3 Å². The largest absolute Gasteiger partial charge is 0.461 e. The van der Waals surface area contributed by atoms with E-state index in [4.69, 9.17) is 23.7 Å². The molecule has 0 saturated carbocycles. The number of ketones is 1. The third-order valence-electron chi connectivity index (χ3n) is 4.77. The second kappa shape index (κ2) is 8.10. The Morgan fingerprint density at radius 2 is 2.07 bits per heavy atom. The Kier molecular flexibility index (Phi) is 5.40. The molecule has 0 radical (unpaired) electrons. The zero-order valence-electron chi connectivity index (χ0n) is 15.0. The molecule has 27 heavy (non-hydrogen) atoms. The second-order valence-corrected chi connectivity index (χ2v) is 6.81. The van der Waals surface area contributed by atoms with Crippen molar-refractivity contribution >= 4 is 11.8 Å². The number of hydrogen-bond acceptors (Lipinski definition) is 7. The summed E-state index contributed by atoms with van der Waals surface area (Å²) in [6, 6.07) is 5.38. The first-order valence-electron chi connectivity index (χ1n) is 9.22. The minimum Gasteiger partial charge on any atom is -0.461 e. The predicted molar refractivity (Wildman–Crippen MR) is 93.1 cm³/mol. The van der Waals surface area contributed by atoms with E-state index in [0.717, 1.165) is 24.8 Å². The first-order valence-corrected chi connectivity index (χ1v) is 9.22. The molecule has 3 aliphatic rings. The van der Waals surface area contributed by atoms with Crippen LogP contribution < -0.4 is 9.47 Å². The number of rotatable bonds is 6. The second-order valence-electron chi connectivity index (χ2n) is 6.81. The number of hydrogen-bond donors (Lipinski definition) is 0. The predicted octanol–water partition coefficient (Wildman–Crippen LogP) is 2.66. The summed E-state index contributed by atoms with van der Waals surface area (Å²) in [4.78, 5) is 24.2. The summed E-state index contributed by atoms with van der Waals surface area (Å²) in [5.41, 5.74) is 1.25. The Morgan fingerprint density at radius 3 is 2.93 bits per heavy atom. The quantitative estimate of drug-likeness (QED) is 0.708. The molecular weight excluding hydrogens is 352 g/mol. The third-order valence-corrected chi connectivity index (χ3v) is 4.77. The van der Waals surface area contributed by atoms with E-state index in [0.29, 0.717) is 23.7 Å². The minimum absolute atomic E-state index is 0.0469. The molecular formula is C20H22O7. The number of ether oxygens (including phenoxy) is 5. The summed E-state index contributed by atoms with van der Waals surface area (Å²) < 4.78 is 27.2. The van der Waals surface area contributed by atoms with Gasteiger partial charge in [-0.05, 0) is 43.0 Å². The van der Waals surface area contributed by atoms with Gasteiger partial charge in [0.25, 0.3) is 0 Å². The highest BCUT2D eigenvalue weighted by Gasteiger charge is 2.29. The molecule has 144 valence electrons. The van der Waals surface area contributed by atoms with Gasteiger partial charge in [0.2, 0.25) is 6.79 Å². The summed E-state index contributed by atoms with van der Waals surface area (Å²) >= 11 is 0. The third kappa shape index (κ3) is 4.48. The maximum absolute atomic E-state index is 12.1. The number of carbonyl (C=O) groups is 2. The van der Waals surface area contributed by atoms with Gasteiger partial charge in [-0.3, -0.25) is 9.59 Å². The van der Waals surface area contributed by atoms with E-state index in [1.54, 1.807) is 18.2 Å². The Balaban J connectivity index is 1.27. The SMILES string of the molecule is O=C(CC1=C[C@H](OC2CCCCO2)CC1=O)OCc1ccc2c(c1)OCO2. The molecule has 1 saturated heterocycles. The first-order chi connectivity index (χ1) is 13.2. The van der Waals surface area contributed by atoms with Gasteiger partial charge in [-0.2, -0.15) is 0 Å². The Hall–Kier alpha value is -2.38. The van der Waals surface area contributed by atoms with Crippen molar-refractivity contribution in [3.63, 3.8) is 0 Å². The van der Waals surface area contributed by atoms with Gasteiger partial charge >= 0.3 is 5.97 Å². The van der Waals surface area contributed by atoms with Gasteiger partial charge in [0, 0.05) is 18.6 Å². The van der Waals surface area contributed by atoms with Crippen molar-refractivity contribution in [3.8, 4) is 11.5 Å². The van der Waals surface area contributed by atoms with Gasteiger partial charge in [0.1, 0.15) is 6.61 Å². The molecule has 0 aromatic heterocycles. The van der Waals surface area contributed by atoms with E-state index in [1.165, 1.54) is 0 Å². The van der Waals surface area contributed by atoms with Crippen LogP contribution in [0.25, 0.3) is 0 Å². The number of Topliss-reactive ketones (excluding diaryl/α,β-unsaturated/α-hetero) is 1. The molecule has 0 N–H and O–H groups in total. The Labute approximate surface area is 157 Å². The van der Waals surface area contributed by atoms with Crippen LogP contribution in [0.2, 0.25) is 0 Å². The highest BCUT2D eigenvalue weighted by Crippen LogP contribution is 2.32. The van der Waals surface area contributed by atoms with Crippen LogP contribution in [-0.2, 0) is 30.4 Å². The molecule has 4 rings (SSSR count). The molecule has 0 amide bonds. The molecule has 0 bridgehead atoms. The smallest absolute Gasteiger partial charge is 0.310 e. The van der Waals surface area contributed by atoms with Crippen LogP contribution in [-0.4, -0.2) is 37.5 Å². The van der Waals surface area contributed by atoms with Gasteiger partial charge in [0.05, 0.1) is 12.5 Å². The molecule has 1 aliphatic carbocycles. The van der Waals surface area contributed by atoms with Crippen LogP contribution in [0.15, 0.2) is 29.8 Å². The van der Waals surface area contributed by atoms with E-state index < -0.39 is 5.97 Å². The van der Waals surface area contributed by atoms with Gasteiger partial charge < -0.3 is 23.7 Å². The van der Waals surface area contributed by atoms with Crippen molar-refractivity contribution in [1.82, 2.24) is 0 Å². The zero-order valence-corrected chi connectivity index (χ0v) is 15.0. The van der Waals surface area contributed by atoms with Gasteiger partial charge in [-0.15, -0.1) is 0 Å². The minimum atomic E-state index is -0.443. The molecule has 1 fully saturated rings. The monoisotopic (exact) mass is 374 g/mol. The van der Waals surface area contributed by atoms with Crippen molar-refractivity contribution in [1.29, 1.82) is 0 Å². The maximum atomic E-state index is 12.1. The number of esters is 1. The summed E-state index contributed by atoms with van der Waals surface area (Å²) in [6.07, 6.45) is 4.29. The van der Waals surface area contributed by atoms with Crippen LogP contribution in [0.1, 0.15) is 37.7 Å². The molecule has 1 aromatic rings. The first kappa shape index (κ1) is 18.0. The molecule has 1 aromatic carbocycles. The molecule has 2 heterocycles. The Bertz CT molecular complexity index is 749. The molecule has 7 heteroatoms. The topological polar surface area (TPSA) is 80.3 Å². The molecule has 2 atom stereocenters. The van der Waals surface area contributed by atoms with Crippen LogP contribution >= 0.6 is 0 Å². The average molecular weight is 374 g/mol. The van der Waals surface area contributed by atoms with E-state index in [1.807, 2.05) is 6.07 Å². The molecule has 1 unspecified atom stereocenters. The number of fused-ring (bicyclic) bond motifs is 1. The molecule has 2 aliphatic heterocycles. The van der Waals surface area contributed by atoms with Crippen LogP contribution in [0.4, 0.5) is 0 Å². The summed E-state index contributed by atoms with van der Waals surface area (Å²) in [5, 5.41) is 0. The standard InChI is InChI=1S/C20H22O7/c21-16-10-15(27-20-3-1-2-6-23-20)8-14(16)9-19(22)24-11-13-4-5-17-18(7-13)26-12-25-17/h4-5,7-8,15,20H,1-3,6,9-12H2/t15-,20?/m0/s1. The van der Waals surface area contributed by atoms with E-state index >= 15 is 0 Å². The summed E-state index contributed by atoms with van der Waals surface area (Å²) in [5.74, 6) is 0.805. The van der Waals surface area contributed by atoms with Crippen molar-refractivity contribution in [3.05, 3.63) is 35.4 Å². The van der Waals surface area contributed by atoms with E-state index in [2.05, 4.69) is 0 Å². The Morgan fingerprint density at radius 1 is 1.19 bits per heavy atom. The average Bonchev–Trinajstić information content (AvgIpc) is 3.27. The van der Waals surface area contributed by atoms with Crippen LogP contribution in [0.5, 0.6) is 11.5 Å². The van der Waals surface area contributed by atoms with Crippen molar-refractivity contribution in [2.24, 2.45) is 0 Å². The van der Waals surface area contributed by atoms with Crippen LogP contribution in [0, 0.1) is 0 Å². The van der Waals surface area contributed by atoms with E-state index in [-0.39, 0.29) is 44.4 Å².